The number of aromatic nitrogens is 3. The molecule has 0 aromatic carbocycles. The molecule has 0 aliphatic carbocycles. The molecule has 136 valence electrons. The van der Waals surface area contributed by atoms with Crippen LogP contribution in [0.1, 0.15) is 5.56 Å². The Morgan fingerprint density at radius 1 is 1.15 bits per heavy atom. The normalized spacial score (nSPS) is 20.5. The Morgan fingerprint density at radius 2 is 2.00 bits per heavy atom. The molecular weight excluding hydrogens is 372 g/mol. The van der Waals surface area contributed by atoms with Crippen molar-refractivity contribution in [2.24, 2.45) is 5.92 Å². The van der Waals surface area contributed by atoms with Crippen LogP contribution in [-0.4, -0.2) is 42.9 Å². The molecule has 1 saturated heterocycles. The van der Waals surface area contributed by atoms with Crippen LogP contribution < -0.4 is 4.72 Å². The Hall–Kier alpha value is -2.07. The summed E-state index contributed by atoms with van der Waals surface area (Å²) in [4.78, 5) is 4.85. The van der Waals surface area contributed by atoms with Crippen LogP contribution in [0, 0.1) is 5.92 Å². The molecular formula is C17H18N4O3S2. The molecule has 4 rings (SSSR count). The van der Waals surface area contributed by atoms with Crippen LogP contribution in [0.3, 0.4) is 0 Å². The fourth-order valence-corrected chi connectivity index (χ4v) is 5.60. The molecule has 4 heterocycles. The molecule has 0 spiro atoms. The van der Waals surface area contributed by atoms with Gasteiger partial charge in [0.1, 0.15) is 4.21 Å². The van der Waals surface area contributed by atoms with E-state index in [9.17, 15) is 8.42 Å². The maximum atomic E-state index is 12.8. The molecule has 2 atom stereocenters. The number of H-pyrrole nitrogens is 1. The largest absolute Gasteiger partial charge is 0.379 e. The Kier molecular flexibility index (Phi) is 4.86. The van der Waals surface area contributed by atoms with Crippen molar-refractivity contribution in [3.63, 3.8) is 0 Å². The van der Waals surface area contributed by atoms with Crippen LogP contribution in [0.15, 0.2) is 53.1 Å². The summed E-state index contributed by atoms with van der Waals surface area (Å²) >= 11 is 1.22. The highest BCUT2D eigenvalue weighted by molar-refractivity contribution is 7.91. The van der Waals surface area contributed by atoms with Gasteiger partial charge in [0, 0.05) is 24.5 Å². The number of rotatable bonds is 6. The van der Waals surface area contributed by atoms with E-state index in [2.05, 4.69) is 19.9 Å². The average molecular weight is 390 g/mol. The summed E-state index contributed by atoms with van der Waals surface area (Å²) in [6.07, 6.45) is 5.88. The zero-order valence-corrected chi connectivity index (χ0v) is 15.5. The predicted molar refractivity (Wildman–Crippen MR) is 98.3 cm³/mol. The van der Waals surface area contributed by atoms with E-state index in [1.165, 1.54) is 11.3 Å². The van der Waals surface area contributed by atoms with E-state index in [1.807, 2.05) is 18.2 Å². The number of sulfonamides is 1. The van der Waals surface area contributed by atoms with E-state index in [-0.39, 0.29) is 16.2 Å². The molecule has 0 unspecified atom stereocenters. The van der Waals surface area contributed by atoms with Crippen molar-refractivity contribution in [1.29, 1.82) is 0 Å². The van der Waals surface area contributed by atoms with Crippen LogP contribution in [-0.2, 0) is 21.2 Å². The van der Waals surface area contributed by atoms with Gasteiger partial charge in [-0.15, -0.1) is 11.3 Å². The second-order valence-corrected chi connectivity index (χ2v) is 9.20. The quantitative estimate of drug-likeness (QED) is 0.672. The van der Waals surface area contributed by atoms with E-state index in [1.54, 1.807) is 30.7 Å². The molecule has 9 heteroatoms. The van der Waals surface area contributed by atoms with Crippen LogP contribution in [0.2, 0.25) is 0 Å². The minimum atomic E-state index is -3.60. The first-order valence-corrected chi connectivity index (χ1v) is 10.5. The third kappa shape index (κ3) is 3.70. The highest BCUT2D eigenvalue weighted by atomic mass is 32.2. The van der Waals surface area contributed by atoms with Crippen LogP contribution in [0.25, 0.3) is 10.6 Å². The summed E-state index contributed by atoms with van der Waals surface area (Å²) in [7, 11) is -3.60. The molecule has 1 fully saturated rings. The van der Waals surface area contributed by atoms with Crippen molar-refractivity contribution >= 4 is 21.4 Å². The Labute approximate surface area is 155 Å². The van der Waals surface area contributed by atoms with Gasteiger partial charge in [-0.1, -0.05) is 0 Å². The third-order valence-corrected chi connectivity index (χ3v) is 7.46. The van der Waals surface area contributed by atoms with Gasteiger partial charge in [0.05, 0.1) is 29.8 Å². The van der Waals surface area contributed by atoms with Crippen molar-refractivity contribution < 1.29 is 13.2 Å². The van der Waals surface area contributed by atoms with Gasteiger partial charge < -0.3 is 4.74 Å². The van der Waals surface area contributed by atoms with Gasteiger partial charge >= 0.3 is 0 Å². The van der Waals surface area contributed by atoms with E-state index in [0.717, 1.165) is 22.6 Å². The van der Waals surface area contributed by atoms with E-state index in [4.69, 9.17) is 4.74 Å². The van der Waals surface area contributed by atoms with Crippen molar-refractivity contribution in [3.8, 4) is 10.6 Å². The van der Waals surface area contributed by atoms with Crippen LogP contribution >= 0.6 is 11.3 Å². The Morgan fingerprint density at radius 3 is 2.77 bits per heavy atom. The van der Waals surface area contributed by atoms with Crippen molar-refractivity contribution in [3.05, 3.63) is 54.5 Å². The molecule has 2 N–H and O–H groups in total. The molecule has 7 nitrogen and oxygen atoms in total. The number of hydrogen-bond donors (Lipinski definition) is 2. The predicted octanol–water partition coefficient (Wildman–Crippen LogP) is 2.07. The Balaban J connectivity index is 1.48. The summed E-state index contributed by atoms with van der Waals surface area (Å²) < 4.78 is 34.2. The van der Waals surface area contributed by atoms with Gasteiger partial charge in [0.25, 0.3) is 0 Å². The van der Waals surface area contributed by atoms with Crippen LogP contribution in [0.4, 0.5) is 0 Å². The first-order chi connectivity index (χ1) is 12.6. The lowest BCUT2D eigenvalue weighted by molar-refractivity contribution is 0.183. The monoisotopic (exact) mass is 390 g/mol. The molecule has 1 aliphatic heterocycles. The SMILES string of the molecule is O=S(=O)(N[C@H]1COC[C@H]1Cc1ccncc1)c1ccc(-c2ccn[nH]2)s1. The van der Waals surface area contributed by atoms with Gasteiger partial charge in [0.2, 0.25) is 10.0 Å². The minimum Gasteiger partial charge on any atom is -0.379 e. The van der Waals surface area contributed by atoms with Crippen molar-refractivity contribution in [2.75, 3.05) is 13.2 Å². The Bertz CT molecular complexity index is 955. The fraction of sp³-hybridized carbons (Fsp3) is 0.294. The molecule has 0 radical (unpaired) electrons. The molecule has 0 amide bonds. The lowest BCUT2D eigenvalue weighted by atomic mass is 9.96. The highest BCUT2D eigenvalue weighted by Gasteiger charge is 2.32. The molecule has 3 aromatic rings. The maximum absolute atomic E-state index is 12.8. The van der Waals surface area contributed by atoms with Gasteiger partial charge in [0.15, 0.2) is 0 Å². The van der Waals surface area contributed by atoms with E-state index >= 15 is 0 Å². The minimum absolute atomic E-state index is 0.0965. The van der Waals surface area contributed by atoms with Gasteiger partial charge in [-0.25, -0.2) is 13.1 Å². The van der Waals surface area contributed by atoms with E-state index in [0.29, 0.717) is 13.2 Å². The number of hydrogen-bond acceptors (Lipinski definition) is 6. The molecule has 1 aliphatic rings. The summed E-state index contributed by atoms with van der Waals surface area (Å²) in [6.45, 7) is 0.924. The summed E-state index contributed by atoms with van der Waals surface area (Å²) in [5.41, 5.74) is 1.92. The standard InChI is InChI=1S/C17H18N4O3S2/c22-26(23,17-2-1-16(25-17)14-5-8-19-20-14)21-15-11-24-10-13(15)9-12-3-6-18-7-4-12/h1-8,13,15,21H,9-11H2,(H,19,20)/t13-,15+/m1/s1. The first kappa shape index (κ1) is 17.3. The number of aromatic amines is 1. The number of ether oxygens (including phenoxy) is 1. The topological polar surface area (TPSA) is 97.0 Å². The van der Waals surface area contributed by atoms with Crippen molar-refractivity contribution in [2.45, 2.75) is 16.7 Å². The smallest absolute Gasteiger partial charge is 0.250 e. The number of pyridine rings is 1. The molecule has 0 saturated carbocycles. The van der Waals surface area contributed by atoms with Crippen molar-refractivity contribution in [1.82, 2.24) is 19.9 Å². The van der Waals surface area contributed by atoms with Gasteiger partial charge in [-0.2, -0.15) is 5.10 Å². The fourth-order valence-electron chi connectivity index (χ4n) is 3.01. The van der Waals surface area contributed by atoms with Crippen LogP contribution in [0.5, 0.6) is 0 Å². The molecule has 3 aromatic heterocycles. The lowest BCUT2D eigenvalue weighted by Gasteiger charge is -2.18. The zero-order valence-electron chi connectivity index (χ0n) is 13.8. The maximum Gasteiger partial charge on any atom is 0.250 e. The molecule has 0 bridgehead atoms. The number of nitrogens with one attached hydrogen (secondary N) is 2. The average Bonchev–Trinajstić information content (AvgIpc) is 3.37. The summed E-state index contributed by atoms with van der Waals surface area (Å²) in [5.74, 6) is 0.0965. The first-order valence-electron chi connectivity index (χ1n) is 8.20. The second-order valence-electron chi connectivity index (χ2n) is 6.17. The molecule has 26 heavy (non-hydrogen) atoms. The highest BCUT2D eigenvalue weighted by Crippen LogP contribution is 2.30. The lowest BCUT2D eigenvalue weighted by Crippen LogP contribution is -2.40. The number of thiophene rings is 1. The van der Waals surface area contributed by atoms with E-state index < -0.39 is 10.0 Å². The van der Waals surface area contributed by atoms with Gasteiger partial charge in [-0.05, 0) is 42.3 Å². The number of nitrogens with zero attached hydrogens (tertiary/aromatic N) is 2. The third-order valence-electron chi connectivity index (χ3n) is 4.36. The van der Waals surface area contributed by atoms with Gasteiger partial charge in [-0.3, -0.25) is 10.1 Å². The second kappa shape index (κ2) is 7.28. The summed E-state index contributed by atoms with van der Waals surface area (Å²) in [5, 5.41) is 6.74. The zero-order chi connectivity index (χ0) is 18.0. The summed E-state index contributed by atoms with van der Waals surface area (Å²) in [6, 6.07) is 8.86.